The van der Waals surface area contributed by atoms with E-state index in [2.05, 4.69) is 23.7 Å². The fourth-order valence-electron chi connectivity index (χ4n) is 2.98. The molecule has 5 nitrogen and oxygen atoms in total. The number of carbonyl (C=O) groups is 1. The van der Waals surface area contributed by atoms with E-state index in [1.54, 1.807) is 11.3 Å². The quantitative estimate of drug-likeness (QED) is 0.853. The Hall–Kier alpha value is -0.980. The van der Waals surface area contributed by atoms with Gasteiger partial charge in [0.2, 0.25) is 5.91 Å². The van der Waals surface area contributed by atoms with Crippen LogP contribution in [-0.4, -0.2) is 59.6 Å². The standard InChI is InChI=1S/C16H27N3O2S/c1-11(14-12(2)22-13(3)17-14)18(6)15(20)16(4,5)19-7-9-21-10-8-19/h11H,7-10H2,1-6H3. The van der Waals surface area contributed by atoms with Crippen molar-refractivity contribution >= 4 is 17.2 Å². The van der Waals surface area contributed by atoms with Crippen LogP contribution >= 0.6 is 11.3 Å². The zero-order chi connectivity index (χ0) is 16.5. The summed E-state index contributed by atoms with van der Waals surface area (Å²) < 4.78 is 5.40. The van der Waals surface area contributed by atoms with Crippen LogP contribution in [0.15, 0.2) is 0 Å². The lowest BCUT2D eigenvalue weighted by Gasteiger charge is -2.42. The van der Waals surface area contributed by atoms with E-state index in [9.17, 15) is 4.79 Å². The number of rotatable bonds is 4. The minimum Gasteiger partial charge on any atom is -0.379 e. The van der Waals surface area contributed by atoms with Crippen LogP contribution in [0.1, 0.15) is 42.4 Å². The van der Waals surface area contributed by atoms with Gasteiger partial charge in [0.1, 0.15) is 0 Å². The van der Waals surface area contributed by atoms with Crippen molar-refractivity contribution < 1.29 is 9.53 Å². The molecule has 1 unspecified atom stereocenters. The van der Waals surface area contributed by atoms with E-state index in [-0.39, 0.29) is 11.9 Å². The lowest BCUT2D eigenvalue weighted by molar-refractivity contribution is -0.146. The summed E-state index contributed by atoms with van der Waals surface area (Å²) in [5.74, 6) is 0.131. The molecular formula is C16H27N3O2S. The second kappa shape index (κ2) is 6.64. The Morgan fingerprint density at radius 3 is 2.45 bits per heavy atom. The third-order valence-corrected chi connectivity index (χ3v) is 5.46. The van der Waals surface area contributed by atoms with Crippen LogP contribution in [0, 0.1) is 13.8 Å². The first-order valence-corrected chi connectivity index (χ1v) is 8.60. The molecule has 2 rings (SSSR count). The van der Waals surface area contributed by atoms with Gasteiger partial charge in [0.15, 0.2) is 0 Å². The lowest BCUT2D eigenvalue weighted by atomic mass is 9.98. The highest BCUT2D eigenvalue weighted by molar-refractivity contribution is 7.11. The van der Waals surface area contributed by atoms with E-state index in [0.29, 0.717) is 13.2 Å². The Kier molecular flexibility index (Phi) is 5.25. The maximum atomic E-state index is 13.0. The molecule has 22 heavy (non-hydrogen) atoms. The number of aromatic nitrogens is 1. The normalized spacial score (nSPS) is 18.3. The van der Waals surface area contributed by atoms with Crippen LogP contribution in [0.4, 0.5) is 0 Å². The highest BCUT2D eigenvalue weighted by Crippen LogP contribution is 2.29. The van der Waals surface area contributed by atoms with Gasteiger partial charge in [-0.2, -0.15) is 0 Å². The van der Waals surface area contributed by atoms with Gasteiger partial charge < -0.3 is 9.64 Å². The first-order valence-electron chi connectivity index (χ1n) is 7.79. The first kappa shape index (κ1) is 17.4. The number of carbonyl (C=O) groups excluding carboxylic acids is 1. The Labute approximate surface area is 137 Å². The van der Waals surface area contributed by atoms with Crippen molar-refractivity contribution in [1.82, 2.24) is 14.8 Å². The molecule has 0 N–H and O–H groups in total. The van der Waals surface area contributed by atoms with E-state index in [1.807, 2.05) is 32.7 Å². The minimum atomic E-state index is -0.522. The number of hydrogen-bond acceptors (Lipinski definition) is 5. The predicted octanol–water partition coefficient (Wildman–Crippen LogP) is 2.39. The molecule has 0 aromatic carbocycles. The maximum Gasteiger partial charge on any atom is 0.242 e. The average molecular weight is 325 g/mol. The number of nitrogens with zero attached hydrogens (tertiary/aromatic N) is 3. The Balaban J connectivity index is 2.15. The van der Waals surface area contributed by atoms with Crippen molar-refractivity contribution in [3.8, 4) is 0 Å². The minimum absolute atomic E-state index is 0.0160. The fraction of sp³-hybridized carbons (Fsp3) is 0.750. The molecule has 124 valence electrons. The molecule has 1 aliphatic rings. The second-order valence-electron chi connectivity index (χ2n) is 6.42. The highest BCUT2D eigenvalue weighted by Gasteiger charge is 2.39. The second-order valence-corrected chi connectivity index (χ2v) is 7.83. The topological polar surface area (TPSA) is 45.7 Å². The predicted molar refractivity (Wildman–Crippen MR) is 89.2 cm³/mol. The van der Waals surface area contributed by atoms with Crippen LogP contribution in [0.3, 0.4) is 0 Å². The number of amides is 1. The van der Waals surface area contributed by atoms with Gasteiger partial charge in [-0.25, -0.2) is 4.98 Å². The zero-order valence-electron chi connectivity index (χ0n) is 14.5. The smallest absolute Gasteiger partial charge is 0.242 e. The summed E-state index contributed by atoms with van der Waals surface area (Å²) in [6.07, 6.45) is 0. The number of likely N-dealkylation sites (N-methyl/N-ethyl adjacent to an activating group) is 1. The van der Waals surface area contributed by atoms with Crippen LogP contribution < -0.4 is 0 Å². The Morgan fingerprint density at radius 1 is 1.36 bits per heavy atom. The van der Waals surface area contributed by atoms with Crippen molar-refractivity contribution in [2.75, 3.05) is 33.4 Å². The summed E-state index contributed by atoms with van der Waals surface area (Å²) in [6.45, 7) is 13.1. The zero-order valence-corrected chi connectivity index (χ0v) is 15.3. The van der Waals surface area contributed by atoms with Gasteiger partial charge in [-0.05, 0) is 34.6 Å². The SMILES string of the molecule is Cc1nc(C(C)N(C)C(=O)C(C)(C)N2CCOCC2)c(C)s1. The molecule has 1 saturated heterocycles. The number of morpholine rings is 1. The van der Waals surface area contributed by atoms with Crippen molar-refractivity contribution in [2.45, 2.75) is 46.2 Å². The molecule has 1 aromatic rings. The molecule has 0 aliphatic carbocycles. The van der Waals surface area contributed by atoms with Gasteiger partial charge >= 0.3 is 0 Å². The highest BCUT2D eigenvalue weighted by atomic mass is 32.1. The number of aryl methyl sites for hydroxylation is 2. The van der Waals surface area contributed by atoms with E-state index in [1.165, 1.54) is 4.88 Å². The summed E-state index contributed by atoms with van der Waals surface area (Å²) in [4.78, 5) is 22.8. The number of thiazole rings is 1. The van der Waals surface area contributed by atoms with Crippen LogP contribution in [0.2, 0.25) is 0 Å². The molecule has 0 bridgehead atoms. The van der Waals surface area contributed by atoms with Crippen molar-refractivity contribution in [3.05, 3.63) is 15.6 Å². The molecule has 1 aromatic heterocycles. The lowest BCUT2D eigenvalue weighted by Crippen LogP contribution is -2.58. The Bertz CT molecular complexity index is 535. The van der Waals surface area contributed by atoms with Crippen LogP contribution in [0.5, 0.6) is 0 Å². The monoisotopic (exact) mass is 325 g/mol. The van der Waals surface area contributed by atoms with Gasteiger partial charge in [-0.15, -0.1) is 11.3 Å². The number of ether oxygens (including phenoxy) is 1. The van der Waals surface area contributed by atoms with E-state index in [4.69, 9.17) is 4.74 Å². The van der Waals surface area contributed by atoms with Crippen molar-refractivity contribution in [3.63, 3.8) is 0 Å². The van der Waals surface area contributed by atoms with Crippen LogP contribution in [-0.2, 0) is 9.53 Å². The third kappa shape index (κ3) is 3.34. The molecule has 0 saturated carbocycles. The molecule has 1 amide bonds. The van der Waals surface area contributed by atoms with E-state index >= 15 is 0 Å². The van der Waals surface area contributed by atoms with Crippen LogP contribution in [0.25, 0.3) is 0 Å². The van der Waals surface area contributed by atoms with Gasteiger partial charge in [0.25, 0.3) is 0 Å². The molecule has 1 aliphatic heterocycles. The van der Waals surface area contributed by atoms with Crippen molar-refractivity contribution in [1.29, 1.82) is 0 Å². The molecule has 1 fully saturated rings. The fourth-order valence-corrected chi connectivity index (χ4v) is 3.89. The third-order valence-electron chi connectivity index (χ3n) is 4.56. The van der Waals surface area contributed by atoms with Gasteiger partial charge in [-0.3, -0.25) is 9.69 Å². The molecule has 6 heteroatoms. The Morgan fingerprint density at radius 2 is 1.95 bits per heavy atom. The summed E-state index contributed by atoms with van der Waals surface area (Å²) in [6, 6.07) is -0.0160. The van der Waals surface area contributed by atoms with E-state index < -0.39 is 5.54 Å². The molecule has 1 atom stereocenters. The summed E-state index contributed by atoms with van der Waals surface area (Å²) in [7, 11) is 1.88. The van der Waals surface area contributed by atoms with Gasteiger partial charge in [-0.1, -0.05) is 0 Å². The number of hydrogen-bond donors (Lipinski definition) is 0. The molecule has 2 heterocycles. The molecule has 0 spiro atoms. The summed E-state index contributed by atoms with van der Waals surface area (Å²) >= 11 is 1.69. The molecular weight excluding hydrogens is 298 g/mol. The summed E-state index contributed by atoms with van der Waals surface area (Å²) in [5.41, 5.74) is 0.488. The molecule has 0 radical (unpaired) electrons. The average Bonchev–Trinajstić information content (AvgIpc) is 2.84. The maximum absolute atomic E-state index is 13.0. The summed E-state index contributed by atoms with van der Waals surface area (Å²) in [5, 5.41) is 1.05. The van der Waals surface area contributed by atoms with Crippen molar-refractivity contribution in [2.24, 2.45) is 0 Å². The van der Waals surface area contributed by atoms with Gasteiger partial charge in [0, 0.05) is 25.0 Å². The van der Waals surface area contributed by atoms with E-state index in [0.717, 1.165) is 23.8 Å². The van der Waals surface area contributed by atoms with Gasteiger partial charge in [0.05, 0.1) is 35.5 Å². The largest absolute Gasteiger partial charge is 0.379 e. The first-order chi connectivity index (χ1) is 10.2.